The molecule has 90 valence electrons. The van der Waals surface area contributed by atoms with Crippen LogP contribution in [0.5, 0.6) is 0 Å². The van der Waals surface area contributed by atoms with E-state index in [1.807, 2.05) is 24.3 Å². The van der Waals surface area contributed by atoms with Crippen LogP contribution in [0.25, 0.3) is 0 Å². The van der Waals surface area contributed by atoms with Crippen LogP contribution in [0.4, 0.5) is 11.4 Å². The summed E-state index contributed by atoms with van der Waals surface area (Å²) in [5.41, 5.74) is 4.55. The van der Waals surface area contributed by atoms with E-state index in [-0.39, 0.29) is 0 Å². The van der Waals surface area contributed by atoms with Gasteiger partial charge < -0.3 is 4.90 Å². The molecule has 0 spiro atoms. The van der Waals surface area contributed by atoms with Gasteiger partial charge in [-0.25, -0.2) is 0 Å². The van der Waals surface area contributed by atoms with E-state index in [0.717, 1.165) is 24.0 Å². The molecule has 0 saturated carbocycles. The van der Waals surface area contributed by atoms with E-state index in [0.29, 0.717) is 6.04 Å². The van der Waals surface area contributed by atoms with Gasteiger partial charge >= 0.3 is 0 Å². The van der Waals surface area contributed by atoms with Crippen molar-refractivity contribution in [2.24, 2.45) is 0 Å². The van der Waals surface area contributed by atoms with Crippen molar-refractivity contribution in [3.8, 4) is 0 Å². The average Bonchev–Trinajstić information content (AvgIpc) is 2.75. The largest absolute Gasteiger partial charge is 0.338 e. The maximum atomic E-state index is 10.7. The van der Waals surface area contributed by atoms with Gasteiger partial charge in [0.05, 0.1) is 0 Å². The van der Waals surface area contributed by atoms with Crippen LogP contribution in [-0.4, -0.2) is 12.3 Å². The Kier molecular flexibility index (Phi) is 2.63. The summed E-state index contributed by atoms with van der Waals surface area (Å²) in [7, 11) is 0. The highest BCUT2D eigenvalue weighted by Crippen LogP contribution is 2.37. The number of hydrogen-bond donors (Lipinski definition) is 0. The highest BCUT2D eigenvalue weighted by atomic mass is 16.1. The molecule has 0 saturated heterocycles. The summed E-state index contributed by atoms with van der Waals surface area (Å²) < 4.78 is 0. The van der Waals surface area contributed by atoms with Crippen molar-refractivity contribution in [1.82, 2.24) is 0 Å². The number of aldehydes is 1. The maximum absolute atomic E-state index is 10.7. The van der Waals surface area contributed by atoms with Crippen LogP contribution in [0.2, 0.25) is 0 Å². The fourth-order valence-corrected chi connectivity index (χ4v) is 2.67. The van der Waals surface area contributed by atoms with Crippen LogP contribution in [0.3, 0.4) is 0 Å². The van der Waals surface area contributed by atoms with Crippen LogP contribution < -0.4 is 4.90 Å². The van der Waals surface area contributed by atoms with Crippen LogP contribution in [0, 0.1) is 0 Å². The molecule has 0 bridgehead atoms. The molecule has 2 aromatic rings. The molecule has 2 heteroatoms. The minimum atomic E-state index is 0.462. The van der Waals surface area contributed by atoms with Gasteiger partial charge in [0, 0.05) is 23.0 Å². The lowest BCUT2D eigenvalue weighted by atomic mass is 10.1. The third-order valence-corrected chi connectivity index (χ3v) is 3.51. The molecule has 2 aromatic carbocycles. The summed E-state index contributed by atoms with van der Waals surface area (Å²) in [6, 6.07) is 16.7. The second-order valence-electron chi connectivity index (χ2n) is 4.76. The number of anilines is 2. The van der Waals surface area contributed by atoms with Crippen molar-refractivity contribution in [1.29, 1.82) is 0 Å². The van der Waals surface area contributed by atoms with Gasteiger partial charge in [-0.1, -0.05) is 18.2 Å². The molecule has 0 fully saturated rings. The molecule has 2 nitrogen and oxygen atoms in total. The topological polar surface area (TPSA) is 20.3 Å². The highest BCUT2D eigenvalue weighted by Gasteiger charge is 2.26. The quantitative estimate of drug-likeness (QED) is 0.744. The van der Waals surface area contributed by atoms with E-state index in [9.17, 15) is 4.79 Å². The molecule has 0 N–H and O–H groups in total. The Balaban J connectivity index is 2.03. The van der Waals surface area contributed by atoms with E-state index >= 15 is 0 Å². The first-order valence-electron chi connectivity index (χ1n) is 6.22. The number of carbonyl (C=O) groups is 1. The number of hydrogen-bond acceptors (Lipinski definition) is 2. The monoisotopic (exact) mass is 237 g/mol. The molecule has 1 aliphatic rings. The maximum Gasteiger partial charge on any atom is 0.150 e. The van der Waals surface area contributed by atoms with E-state index in [2.05, 4.69) is 36.1 Å². The lowest BCUT2D eigenvalue weighted by Gasteiger charge is -2.25. The first kappa shape index (κ1) is 11.0. The van der Waals surface area contributed by atoms with E-state index in [1.54, 1.807) is 0 Å². The lowest BCUT2D eigenvalue weighted by Crippen LogP contribution is -2.23. The molecule has 1 atom stereocenters. The highest BCUT2D eigenvalue weighted by molar-refractivity contribution is 5.77. The normalized spacial score (nSPS) is 17.6. The number of nitrogens with zero attached hydrogens (tertiary/aromatic N) is 1. The zero-order valence-corrected chi connectivity index (χ0v) is 10.3. The number of fused-ring (bicyclic) bond motifs is 1. The Bertz CT molecular complexity index is 574. The van der Waals surface area contributed by atoms with Gasteiger partial charge in [0.1, 0.15) is 6.29 Å². The first-order valence-corrected chi connectivity index (χ1v) is 6.22. The molecule has 0 aliphatic carbocycles. The Morgan fingerprint density at radius 3 is 2.56 bits per heavy atom. The van der Waals surface area contributed by atoms with Crippen molar-refractivity contribution >= 4 is 17.7 Å². The van der Waals surface area contributed by atoms with Gasteiger partial charge in [-0.3, -0.25) is 4.79 Å². The minimum Gasteiger partial charge on any atom is -0.338 e. The lowest BCUT2D eigenvalue weighted by molar-refractivity contribution is 0.112. The summed E-state index contributed by atoms with van der Waals surface area (Å²) in [5, 5.41) is 0. The number of para-hydroxylation sites is 1. The standard InChI is InChI=1S/C16H15NO/c1-12-10-14-4-2-3-5-16(14)17(12)15-8-6-13(11-18)7-9-15/h2-9,11-12H,10H2,1H3. The fourth-order valence-electron chi connectivity index (χ4n) is 2.67. The van der Waals surface area contributed by atoms with Crippen LogP contribution in [-0.2, 0) is 6.42 Å². The molecule has 1 aliphatic heterocycles. The van der Waals surface area contributed by atoms with Crippen LogP contribution >= 0.6 is 0 Å². The molecular formula is C16H15NO. The SMILES string of the molecule is CC1Cc2ccccc2N1c1ccc(C=O)cc1. The zero-order valence-electron chi connectivity index (χ0n) is 10.3. The second kappa shape index (κ2) is 4.30. The Hall–Kier alpha value is -2.09. The third kappa shape index (κ3) is 1.70. The smallest absolute Gasteiger partial charge is 0.150 e. The minimum absolute atomic E-state index is 0.462. The van der Waals surface area contributed by atoms with Crippen LogP contribution in [0.15, 0.2) is 48.5 Å². The molecule has 1 unspecified atom stereocenters. The van der Waals surface area contributed by atoms with E-state index < -0.39 is 0 Å². The van der Waals surface area contributed by atoms with E-state index in [1.165, 1.54) is 11.3 Å². The van der Waals surface area contributed by atoms with Gasteiger partial charge in [0.15, 0.2) is 0 Å². The summed E-state index contributed by atoms with van der Waals surface area (Å²) in [4.78, 5) is 13.0. The first-order chi connectivity index (χ1) is 8.79. The van der Waals surface area contributed by atoms with Gasteiger partial charge in [-0.05, 0) is 49.2 Å². The Morgan fingerprint density at radius 2 is 1.83 bits per heavy atom. The number of carbonyl (C=O) groups excluding carboxylic acids is 1. The zero-order chi connectivity index (χ0) is 12.5. The van der Waals surface area contributed by atoms with Gasteiger partial charge in [-0.2, -0.15) is 0 Å². The van der Waals surface area contributed by atoms with Crippen molar-refractivity contribution in [2.75, 3.05) is 4.90 Å². The van der Waals surface area contributed by atoms with Gasteiger partial charge in [0.2, 0.25) is 0 Å². The summed E-state index contributed by atoms with van der Waals surface area (Å²) in [5.74, 6) is 0. The van der Waals surface area contributed by atoms with Crippen LogP contribution in [0.1, 0.15) is 22.8 Å². The van der Waals surface area contributed by atoms with Crippen molar-refractivity contribution < 1.29 is 4.79 Å². The Labute approximate surface area is 107 Å². The molecule has 0 amide bonds. The van der Waals surface area contributed by atoms with Crippen molar-refractivity contribution in [3.05, 3.63) is 59.7 Å². The summed E-state index contributed by atoms with van der Waals surface area (Å²) >= 11 is 0. The van der Waals surface area contributed by atoms with Gasteiger partial charge in [0.25, 0.3) is 0 Å². The Morgan fingerprint density at radius 1 is 1.11 bits per heavy atom. The number of benzene rings is 2. The van der Waals surface area contributed by atoms with Gasteiger partial charge in [-0.15, -0.1) is 0 Å². The van der Waals surface area contributed by atoms with E-state index in [4.69, 9.17) is 0 Å². The fraction of sp³-hybridized carbons (Fsp3) is 0.188. The summed E-state index contributed by atoms with van der Waals surface area (Å²) in [6.07, 6.45) is 1.96. The molecule has 3 rings (SSSR count). The third-order valence-electron chi connectivity index (χ3n) is 3.51. The molecule has 1 heterocycles. The van der Waals surface area contributed by atoms with Crippen molar-refractivity contribution in [3.63, 3.8) is 0 Å². The second-order valence-corrected chi connectivity index (χ2v) is 4.76. The molecule has 18 heavy (non-hydrogen) atoms. The molecule has 0 aromatic heterocycles. The van der Waals surface area contributed by atoms with Crippen molar-refractivity contribution in [2.45, 2.75) is 19.4 Å². The average molecular weight is 237 g/mol. The number of rotatable bonds is 2. The molecule has 0 radical (unpaired) electrons. The predicted octanol–water partition coefficient (Wildman–Crippen LogP) is 3.58. The molecular weight excluding hydrogens is 222 g/mol. The predicted molar refractivity (Wildman–Crippen MR) is 73.6 cm³/mol. The summed E-state index contributed by atoms with van der Waals surface area (Å²) in [6.45, 7) is 2.23.